The summed E-state index contributed by atoms with van der Waals surface area (Å²) < 4.78 is 0. The minimum absolute atomic E-state index is 0.00769. The second-order valence-corrected chi connectivity index (χ2v) is 7.37. The van der Waals surface area contributed by atoms with E-state index in [-0.39, 0.29) is 5.57 Å². The fraction of sp³-hybridized carbons (Fsp3) is 0.0833. The number of rotatable bonds is 5. The van der Waals surface area contributed by atoms with E-state index >= 15 is 0 Å². The number of hydrogen-bond donors (Lipinski definition) is 1. The van der Waals surface area contributed by atoms with Crippen LogP contribution in [0.1, 0.15) is 22.3 Å². The van der Waals surface area contributed by atoms with Gasteiger partial charge in [-0.25, -0.2) is 0 Å². The molecule has 29 heavy (non-hydrogen) atoms. The Bertz CT molecular complexity index is 1130. The fourth-order valence-corrected chi connectivity index (χ4v) is 3.24. The van der Waals surface area contributed by atoms with E-state index in [4.69, 9.17) is 23.2 Å². The van der Waals surface area contributed by atoms with Crippen molar-refractivity contribution in [3.05, 3.63) is 105 Å². The SMILES string of the molecule is Cc1ccc(NC(=O)/C(C#N)=C/c2ccccc2Cc2ccccc2Cl)cc1Cl. The third kappa shape index (κ3) is 5.26. The number of amides is 1. The summed E-state index contributed by atoms with van der Waals surface area (Å²) in [5.74, 6) is -0.486. The molecule has 0 atom stereocenters. The number of carbonyl (C=O) groups excluding carboxylic acids is 1. The first-order valence-electron chi connectivity index (χ1n) is 8.98. The van der Waals surface area contributed by atoms with Crippen LogP contribution in [-0.2, 0) is 11.2 Å². The van der Waals surface area contributed by atoms with Crippen LogP contribution in [0.5, 0.6) is 0 Å². The first kappa shape index (κ1) is 20.7. The molecule has 0 bridgehead atoms. The van der Waals surface area contributed by atoms with Gasteiger partial charge in [0.15, 0.2) is 0 Å². The van der Waals surface area contributed by atoms with Crippen LogP contribution in [0.15, 0.2) is 72.3 Å². The molecule has 0 spiro atoms. The monoisotopic (exact) mass is 420 g/mol. The number of hydrogen-bond acceptors (Lipinski definition) is 2. The van der Waals surface area contributed by atoms with Gasteiger partial charge in [-0.3, -0.25) is 4.79 Å². The fourth-order valence-electron chi connectivity index (χ4n) is 2.86. The standard InChI is InChI=1S/C24H18Cl2N2O/c1-16-10-11-21(14-23(16)26)28-24(29)20(15-27)13-18-7-3-2-6-17(18)12-19-8-4-5-9-22(19)25/h2-11,13-14H,12H2,1H3,(H,28,29)/b20-13+. The van der Waals surface area contributed by atoms with Crippen molar-refractivity contribution in [2.24, 2.45) is 0 Å². The van der Waals surface area contributed by atoms with Crippen molar-refractivity contribution < 1.29 is 4.79 Å². The Morgan fingerprint density at radius 2 is 1.69 bits per heavy atom. The van der Waals surface area contributed by atoms with Gasteiger partial charge in [-0.05, 0) is 59.9 Å². The molecule has 0 aromatic heterocycles. The third-order valence-corrected chi connectivity index (χ3v) is 5.26. The number of nitriles is 1. The molecule has 0 aliphatic rings. The van der Waals surface area contributed by atoms with Crippen LogP contribution in [0.4, 0.5) is 5.69 Å². The summed E-state index contributed by atoms with van der Waals surface area (Å²) in [6, 6.07) is 22.5. The van der Waals surface area contributed by atoms with E-state index in [1.54, 1.807) is 18.2 Å². The Kier molecular flexibility index (Phi) is 6.72. The smallest absolute Gasteiger partial charge is 0.266 e. The van der Waals surface area contributed by atoms with E-state index in [2.05, 4.69) is 5.32 Å². The van der Waals surface area contributed by atoms with Crippen molar-refractivity contribution in [1.82, 2.24) is 0 Å². The van der Waals surface area contributed by atoms with Crippen LogP contribution in [0, 0.1) is 18.3 Å². The van der Waals surface area contributed by atoms with E-state index in [0.29, 0.717) is 22.2 Å². The van der Waals surface area contributed by atoms with Crippen LogP contribution in [0.3, 0.4) is 0 Å². The second kappa shape index (κ2) is 9.43. The molecule has 0 unspecified atom stereocenters. The topological polar surface area (TPSA) is 52.9 Å². The Morgan fingerprint density at radius 3 is 2.38 bits per heavy atom. The molecule has 0 saturated heterocycles. The number of aryl methyl sites for hydroxylation is 1. The van der Waals surface area contributed by atoms with Gasteiger partial charge in [-0.1, -0.05) is 71.7 Å². The van der Waals surface area contributed by atoms with Crippen molar-refractivity contribution in [1.29, 1.82) is 5.26 Å². The molecule has 5 heteroatoms. The summed E-state index contributed by atoms with van der Waals surface area (Å²) in [5.41, 5.74) is 4.20. The van der Waals surface area contributed by atoms with Gasteiger partial charge in [0.2, 0.25) is 0 Å². The lowest BCUT2D eigenvalue weighted by Crippen LogP contribution is -2.13. The predicted molar refractivity (Wildman–Crippen MR) is 119 cm³/mol. The maximum atomic E-state index is 12.6. The summed E-state index contributed by atoms with van der Waals surface area (Å²) in [5, 5.41) is 13.5. The minimum Gasteiger partial charge on any atom is -0.321 e. The molecule has 144 valence electrons. The van der Waals surface area contributed by atoms with Gasteiger partial charge in [-0.15, -0.1) is 0 Å². The molecular weight excluding hydrogens is 403 g/mol. The molecule has 0 radical (unpaired) electrons. The largest absolute Gasteiger partial charge is 0.321 e. The number of benzene rings is 3. The third-order valence-electron chi connectivity index (χ3n) is 4.49. The van der Waals surface area contributed by atoms with E-state index in [9.17, 15) is 10.1 Å². The molecule has 0 aliphatic heterocycles. The number of anilines is 1. The molecule has 0 aliphatic carbocycles. The Morgan fingerprint density at radius 1 is 1.00 bits per heavy atom. The van der Waals surface area contributed by atoms with E-state index < -0.39 is 5.91 Å². The molecule has 3 aromatic carbocycles. The highest BCUT2D eigenvalue weighted by Gasteiger charge is 2.12. The van der Waals surface area contributed by atoms with Gasteiger partial charge in [0, 0.05) is 15.7 Å². The predicted octanol–water partition coefficient (Wildman–Crippen LogP) is 6.44. The second-order valence-electron chi connectivity index (χ2n) is 6.55. The summed E-state index contributed by atoms with van der Waals surface area (Å²) in [6.45, 7) is 1.88. The van der Waals surface area contributed by atoms with Gasteiger partial charge in [0.05, 0.1) is 0 Å². The van der Waals surface area contributed by atoms with E-state index in [0.717, 1.165) is 22.3 Å². The molecule has 1 N–H and O–H groups in total. The van der Waals surface area contributed by atoms with Crippen LogP contribution in [-0.4, -0.2) is 5.91 Å². The normalized spacial score (nSPS) is 11.0. The van der Waals surface area contributed by atoms with Gasteiger partial charge in [0.1, 0.15) is 11.6 Å². The Hall–Kier alpha value is -3.06. The first-order valence-corrected chi connectivity index (χ1v) is 9.74. The highest BCUT2D eigenvalue weighted by Crippen LogP contribution is 2.23. The lowest BCUT2D eigenvalue weighted by molar-refractivity contribution is -0.112. The maximum Gasteiger partial charge on any atom is 0.266 e. The Labute approximate surface area is 180 Å². The first-order chi connectivity index (χ1) is 14.0. The molecule has 0 heterocycles. The van der Waals surface area contributed by atoms with Crippen LogP contribution >= 0.6 is 23.2 Å². The average Bonchev–Trinajstić information content (AvgIpc) is 2.71. The zero-order chi connectivity index (χ0) is 20.8. The van der Waals surface area contributed by atoms with E-state index in [1.807, 2.05) is 67.6 Å². The van der Waals surface area contributed by atoms with Gasteiger partial charge in [-0.2, -0.15) is 5.26 Å². The minimum atomic E-state index is -0.486. The summed E-state index contributed by atoms with van der Waals surface area (Å²) >= 11 is 12.4. The number of nitrogens with one attached hydrogen (secondary N) is 1. The van der Waals surface area contributed by atoms with Crippen LogP contribution in [0.25, 0.3) is 6.08 Å². The highest BCUT2D eigenvalue weighted by atomic mass is 35.5. The van der Waals surface area contributed by atoms with Crippen molar-refractivity contribution in [2.75, 3.05) is 5.32 Å². The molecule has 3 nitrogen and oxygen atoms in total. The zero-order valence-electron chi connectivity index (χ0n) is 15.7. The average molecular weight is 421 g/mol. The summed E-state index contributed by atoms with van der Waals surface area (Å²) in [7, 11) is 0. The quantitative estimate of drug-likeness (QED) is 0.381. The number of halogens is 2. The van der Waals surface area contributed by atoms with Gasteiger partial charge < -0.3 is 5.32 Å². The van der Waals surface area contributed by atoms with Gasteiger partial charge >= 0.3 is 0 Å². The lowest BCUT2D eigenvalue weighted by Gasteiger charge is -2.09. The van der Waals surface area contributed by atoms with Crippen molar-refractivity contribution in [3.8, 4) is 6.07 Å². The molecule has 1 amide bonds. The summed E-state index contributed by atoms with van der Waals surface area (Å²) in [4.78, 5) is 12.6. The molecular formula is C24H18Cl2N2O. The van der Waals surface area contributed by atoms with Crippen molar-refractivity contribution in [3.63, 3.8) is 0 Å². The lowest BCUT2D eigenvalue weighted by atomic mass is 9.98. The van der Waals surface area contributed by atoms with Crippen LogP contribution < -0.4 is 5.32 Å². The summed E-state index contributed by atoms with van der Waals surface area (Å²) in [6.07, 6.45) is 2.19. The Balaban J connectivity index is 1.87. The van der Waals surface area contributed by atoms with E-state index in [1.165, 1.54) is 0 Å². The van der Waals surface area contributed by atoms with Crippen molar-refractivity contribution in [2.45, 2.75) is 13.3 Å². The maximum absolute atomic E-state index is 12.6. The molecule has 3 aromatic rings. The molecule has 0 fully saturated rings. The van der Waals surface area contributed by atoms with Crippen molar-refractivity contribution >= 4 is 40.9 Å². The molecule has 3 rings (SSSR count). The number of carbonyl (C=O) groups is 1. The van der Waals surface area contributed by atoms with Crippen LogP contribution in [0.2, 0.25) is 10.0 Å². The van der Waals surface area contributed by atoms with Gasteiger partial charge in [0.25, 0.3) is 5.91 Å². The zero-order valence-corrected chi connectivity index (χ0v) is 17.3. The highest BCUT2D eigenvalue weighted by molar-refractivity contribution is 6.32. The molecule has 0 saturated carbocycles. The number of nitrogens with zero attached hydrogens (tertiary/aromatic N) is 1.